The van der Waals surface area contributed by atoms with Gasteiger partial charge in [0, 0.05) is 5.56 Å². The zero-order valence-corrected chi connectivity index (χ0v) is 8.50. The second-order valence-corrected chi connectivity index (χ2v) is 3.40. The topological polar surface area (TPSA) is 29.4 Å². The van der Waals surface area contributed by atoms with Crippen LogP contribution in [0.1, 0.15) is 5.56 Å². The summed E-state index contributed by atoms with van der Waals surface area (Å²) < 4.78 is 39.5. The number of aliphatic imine (C=N–C) groups is 1. The van der Waals surface area contributed by atoms with Gasteiger partial charge in [-0.3, -0.25) is 0 Å². The molecule has 0 aliphatic rings. The lowest BCUT2D eigenvalue weighted by Gasteiger charge is -2.05. The molecular weight excluding hydrogens is 227 g/mol. The number of hydrogen-bond acceptors (Lipinski definition) is 3. The highest BCUT2D eigenvalue weighted by Crippen LogP contribution is 2.27. The predicted molar refractivity (Wildman–Crippen MR) is 49.9 cm³/mol. The number of nitrogens with zero attached hydrogens (tertiary/aromatic N) is 1. The maximum atomic E-state index is 13.2. The number of benzene rings is 1. The van der Waals surface area contributed by atoms with Crippen LogP contribution in [0.3, 0.4) is 0 Å². The van der Waals surface area contributed by atoms with E-state index in [2.05, 4.69) is 4.99 Å². The minimum Gasteiger partial charge on any atom is -0.211 e. The van der Waals surface area contributed by atoms with E-state index in [9.17, 15) is 18.0 Å². The molecule has 80 valence electrons. The Bertz CT molecular complexity index is 430. The third-order valence-corrected chi connectivity index (χ3v) is 2.49. The van der Waals surface area contributed by atoms with E-state index in [0.29, 0.717) is 0 Å². The van der Waals surface area contributed by atoms with Crippen molar-refractivity contribution < 1.29 is 18.0 Å². The molecule has 2 nitrogen and oxygen atoms in total. The van der Waals surface area contributed by atoms with Crippen LogP contribution >= 0.6 is 11.8 Å². The monoisotopic (exact) mass is 233 g/mol. The van der Waals surface area contributed by atoms with E-state index in [0.717, 1.165) is 17.8 Å². The quantitative estimate of drug-likeness (QED) is 0.347. The van der Waals surface area contributed by atoms with Crippen molar-refractivity contribution in [3.05, 3.63) is 29.1 Å². The van der Waals surface area contributed by atoms with Gasteiger partial charge in [0.25, 0.3) is 0 Å². The molecule has 1 aromatic rings. The molecule has 6 heteroatoms. The van der Waals surface area contributed by atoms with Crippen LogP contribution in [-0.2, 0) is 11.3 Å². The lowest BCUT2D eigenvalue weighted by molar-refractivity contribution is 0.459. The fraction of sp³-hybridized carbons (Fsp3) is 0.222. The van der Waals surface area contributed by atoms with Crippen LogP contribution in [-0.4, -0.2) is 12.3 Å². The fourth-order valence-electron chi connectivity index (χ4n) is 1.05. The van der Waals surface area contributed by atoms with Gasteiger partial charge in [-0.05, 0) is 12.3 Å². The van der Waals surface area contributed by atoms with E-state index in [1.54, 1.807) is 0 Å². The molecule has 0 N–H and O–H groups in total. The fourth-order valence-corrected chi connectivity index (χ4v) is 1.57. The molecule has 0 saturated heterocycles. The smallest absolute Gasteiger partial charge is 0.211 e. The van der Waals surface area contributed by atoms with Crippen molar-refractivity contribution in [1.82, 2.24) is 0 Å². The first-order chi connectivity index (χ1) is 7.11. The van der Waals surface area contributed by atoms with Gasteiger partial charge >= 0.3 is 0 Å². The standard InChI is InChI=1S/C9H6F3NOS/c1-15-9-6(10)2-5(3-13-4-14)7(11)8(9)12/h2H,3H2,1H3. The second-order valence-electron chi connectivity index (χ2n) is 2.59. The van der Waals surface area contributed by atoms with Crippen LogP contribution in [0.2, 0.25) is 0 Å². The van der Waals surface area contributed by atoms with E-state index in [1.165, 1.54) is 12.3 Å². The normalized spacial score (nSPS) is 9.87. The summed E-state index contributed by atoms with van der Waals surface area (Å²) in [6, 6.07) is 0.824. The summed E-state index contributed by atoms with van der Waals surface area (Å²) in [6.45, 7) is -0.419. The van der Waals surface area contributed by atoms with Crippen LogP contribution < -0.4 is 0 Å². The van der Waals surface area contributed by atoms with E-state index in [1.807, 2.05) is 0 Å². The molecule has 0 bridgehead atoms. The number of rotatable bonds is 3. The SMILES string of the molecule is CSc1c(F)cc(CN=C=O)c(F)c1F. The summed E-state index contributed by atoms with van der Waals surface area (Å²) >= 11 is 0.771. The summed E-state index contributed by atoms with van der Waals surface area (Å²) in [5, 5.41) is 0. The largest absolute Gasteiger partial charge is 0.235 e. The Kier molecular flexibility index (Phi) is 3.94. The Morgan fingerprint density at radius 2 is 2.07 bits per heavy atom. The minimum atomic E-state index is -1.25. The first kappa shape index (κ1) is 11.8. The molecule has 0 unspecified atom stereocenters. The molecule has 0 aromatic heterocycles. The maximum absolute atomic E-state index is 13.2. The molecule has 1 aromatic carbocycles. The molecule has 0 radical (unpaired) electrons. The summed E-state index contributed by atoms with van der Waals surface area (Å²) in [5.41, 5.74) is -0.300. The summed E-state index contributed by atoms with van der Waals surface area (Å²) in [5.74, 6) is -3.30. The molecule has 0 saturated carbocycles. The molecular formula is C9H6F3NOS. The van der Waals surface area contributed by atoms with Crippen LogP contribution in [0.4, 0.5) is 13.2 Å². The Morgan fingerprint density at radius 1 is 1.40 bits per heavy atom. The highest BCUT2D eigenvalue weighted by atomic mass is 32.2. The van der Waals surface area contributed by atoms with Crippen molar-refractivity contribution >= 4 is 17.8 Å². The van der Waals surface area contributed by atoms with Crippen LogP contribution in [0, 0.1) is 17.5 Å². The van der Waals surface area contributed by atoms with Gasteiger partial charge < -0.3 is 0 Å². The van der Waals surface area contributed by atoms with Crippen molar-refractivity contribution in [2.75, 3.05) is 6.26 Å². The van der Waals surface area contributed by atoms with E-state index in [4.69, 9.17) is 0 Å². The summed E-state index contributed by atoms with van der Waals surface area (Å²) in [7, 11) is 0. The highest BCUT2D eigenvalue weighted by Gasteiger charge is 2.17. The summed E-state index contributed by atoms with van der Waals surface area (Å²) in [6.07, 6.45) is 2.60. The van der Waals surface area contributed by atoms with Crippen molar-refractivity contribution in [1.29, 1.82) is 0 Å². The van der Waals surface area contributed by atoms with E-state index >= 15 is 0 Å². The molecule has 0 heterocycles. The minimum absolute atomic E-state index is 0.300. The van der Waals surface area contributed by atoms with Crippen molar-refractivity contribution in [2.45, 2.75) is 11.4 Å². The third kappa shape index (κ3) is 2.40. The Morgan fingerprint density at radius 3 is 2.60 bits per heavy atom. The van der Waals surface area contributed by atoms with Gasteiger partial charge in [0.1, 0.15) is 5.82 Å². The lowest BCUT2D eigenvalue weighted by atomic mass is 10.2. The molecule has 1 rings (SSSR count). The van der Waals surface area contributed by atoms with Gasteiger partial charge in [-0.2, -0.15) is 0 Å². The zero-order chi connectivity index (χ0) is 11.4. The van der Waals surface area contributed by atoms with Gasteiger partial charge in [0.15, 0.2) is 11.6 Å². The first-order valence-corrected chi connectivity index (χ1v) is 5.08. The number of hydrogen-bond donors (Lipinski definition) is 0. The molecule has 0 aliphatic carbocycles. The highest BCUT2D eigenvalue weighted by molar-refractivity contribution is 7.98. The van der Waals surface area contributed by atoms with Gasteiger partial charge in [-0.15, -0.1) is 11.8 Å². The van der Waals surface area contributed by atoms with Gasteiger partial charge in [-0.1, -0.05) is 0 Å². The van der Waals surface area contributed by atoms with Crippen LogP contribution in [0.5, 0.6) is 0 Å². The first-order valence-electron chi connectivity index (χ1n) is 3.85. The van der Waals surface area contributed by atoms with Gasteiger partial charge in [0.2, 0.25) is 6.08 Å². The Hall–Kier alpha value is -1.26. The number of carbonyl (C=O) groups excluding carboxylic acids is 1. The molecule has 0 aliphatic heterocycles. The van der Waals surface area contributed by atoms with Gasteiger partial charge in [0.05, 0.1) is 11.4 Å². The average molecular weight is 233 g/mol. The Labute approximate surface area is 88.2 Å². The van der Waals surface area contributed by atoms with Gasteiger partial charge in [-0.25, -0.2) is 23.0 Å². The number of isocyanates is 1. The predicted octanol–water partition coefficient (Wildman–Crippen LogP) is 2.66. The van der Waals surface area contributed by atoms with E-state index < -0.39 is 24.0 Å². The summed E-state index contributed by atoms with van der Waals surface area (Å²) in [4.78, 5) is 12.4. The zero-order valence-electron chi connectivity index (χ0n) is 7.68. The number of halogens is 3. The van der Waals surface area contributed by atoms with Crippen molar-refractivity contribution in [3.8, 4) is 0 Å². The third-order valence-electron chi connectivity index (χ3n) is 1.71. The molecule has 0 amide bonds. The molecule has 0 atom stereocenters. The van der Waals surface area contributed by atoms with Crippen LogP contribution in [0.15, 0.2) is 16.0 Å². The lowest BCUT2D eigenvalue weighted by Crippen LogP contribution is -1.99. The van der Waals surface area contributed by atoms with Crippen molar-refractivity contribution in [2.24, 2.45) is 4.99 Å². The Balaban J connectivity index is 3.26. The second kappa shape index (κ2) is 5.00. The molecule has 0 spiro atoms. The molecule has 0 fully saturated rings. The van der Waals surface area contributed by atoms with Crippen molar-refractivity contribution in [3.63, 3.8) is 0 Å². The van der Waals surface area contributed by atoms with Crippen LogP contribution in [0.25, 0.3) is 0 Å². The number of thioether (sulfide) groups is 1. The maximum Gasteiger partial charge on any atom is 0.235 e. The molecule has 15 heavy (non-hydrogen) atoms. The van der Waals surface area contributed by atoms with E-state index in [-0.39, 0.29) is 10.5 Å². The average Bonchev–Trinajstić information content (AvgIpc) is 2.22.